The first-order chi connectivity index (χ1) is 22.1. The molecule has 17 heteroatoms. The van der Waals surface area contributed by atoms with Crippen molar-refractivity contribution >= 4 is 91.9 Å². The number of anilines is 2. The lowest BCUT2D eigenvalue weighted by atomic mass is 10.1. The molecule has 0 saturated heterocycles. The molecule has 0 bridgehead atoms. The number of pyridine rings is 3. The van der Waals surface area contributed by atoms with Crippen LogP contribution in [0.5, 0.6) is 0 Å². The van der Waals surface area contributed by atoms with Crippen LogP contribution in [-0.2, 0) is 0 Å². The number of aryl methyl sites for hydroxylation is 1. The normalized spacial score (nSPS) is 11.2. The topological polar surface area (TPSA) is 146 Å². The van der Waals surface area contributed by atoms with Crippen LogP contribution in [0.2, 0.25) is 25.5 Å². The van der Waals surface area contributed by atoms with E-state index in [0.29, 0.717) is 11.1 Å². The third-order valence-corrected chi connectivity index (χ3v) is 7.65. The van der Waals surface area contributed by atoms with Crippen molar-refractivity contribution in [2.24, 2.45) is 0 Å². The van der Waals surface area contributed by atoms with Gasteiger partial charge in [-0.25, -0.2) is 18.7 Å². The monoisotopic (exact) mass is 740 g/mol. The van der Waals surface area contributed by atoms with Crippen molar-refractivity contribution in [1.82, 2.24) is 14.5 Å². The second kappa shape index (κ2) is 14.6. The molecular weight excluding hydrogens is 724 g/mol. The van der Waals surface area contributed by atoms with Gasteiger partial charge in [-0.05, 0) is 50.2 Å². The zero-order valence-corrected chi connectivity index (χ0v) is 27.7. The number of allylic oxidation sites excluding steroid dienone is 2. The summed E-state index contributed by atoms with van der Waals surface area (Å²) in [5, 5.41) is 13.8. The number of nitro benzene ring substituents is 1. The van der Waals surface area contributed by atoms with Crippen molar-refractivity contribution in [3.05, 3.63) is 135 Å². The summed E-state index contributed by atoms with van der Waals surface area (Å²) in [6, 6.07) is 11.6. The minimum Gasteiger partial charge on any atom is -0.397 e. The van der Waals surface area contributed by atoms with Crippen LogP contribution in [0.1, 0.15) is 23.0 Å². The minimum atomic E-state index is -0.804. The molecule has 0 atom stereocenters. The fraction of sp³-hybridized carbons (Fsp3) is 0.0667. The van der Waals surface area contributed by atoms with E-state index < -0.39 is 28.0 Å². The minimum absolute atomic E-state index is 0.0742. The summed E-state index contributed by atoms with van der Waals surface area (Å²) in [6.45, 7) is 3.16. The highest BCUT2D eigenvalue weighted by atomic mass is 35.5. The highest BCUT2D eigenvalue weighted by Gasteiger charge is 2.18. The zero-order valence-electron chi connectivity index (χ0n) is 23.9. The number of nitro groups is 1. The first-order valence-corrected chi connectivity index (χ1v) is 14.8. The number of hydrogen-bond acceptors (Lipinski definition) is 8. The lowest BCUT2D eigenvalue weighted by Crippen LogP contribution is -2.13. The molecule has 0 amide bonds. The van der Waals surface area contributed by atoms with Gasteiger partial charge in [0, 0.05) is 35.7 Å². The molecule has 0 spiro atoms. The summed E-state index contributed by atoms with van der Waals surface area (Å²) in [7, 11) is 0. The molecule has 0 fully saturated rings. The maximum absolute atomic E-state index is 14.3. The molecule has 0 radical (unpaired) electrons. The third-order valence-electron chi connectivity index (χ3n) is 6.31. The number of ketones is 1. The number of aromatic nitrogens is 3. The second-order valence-corrected chi connectivity index (χ2v) is 11.6. The lowest BCUT2D eigenvalue weighted by Gasteiger charge is -2.15. The van der Waals surface area contributed by atoms with Crippen LogP contribution in [0.4, 0.5) is 25.8 Å². The van der Waals surface area contributed by atoms with Crippen LogP contribution in [0.15, 0.2) is 71.2 Å². The Morgan fingerprint density at radius 1 is 0.957 bits per heavy atom. The van der Waals surface area contributed by atoms with Crippen LogP contribution in [0.3, 0.4) is 0 Å². The van der Waals surface area contributed by atoms with Gasteiger partial charge in [-0.2, -0.15) is 0 Å². The van der Waals surface area contributed by atoms with Gasteiger partial charge in [0.25, 0.3) is 5.69 Å². The van der Waals surface area contributed by atoms with Crippen molar-refractivity contribution in [2.45, 2.75) is 13.8 Å². The van der Waals surface area contributed by atoms with Gasteiger partial charge in [-0.3, -0.25) is 24.3 Å². The molecule has 0 saturated carbocycles. The second-order valence-electron chi connectivity index (χ2n) is 9.65. The number of halogens is 7. The Morgan fingerprint density at radius 3 is 2.26 bits per heavy atom. The number of fused-ring (bicyclic) bond motifs is 1. The Balaban J connectivity index is 0.000000214. The van der Waals surface area contributed by atoms with Gasteiger partial charge < -0.3 is 11.1 Å². The summed E-state index contributed by atoms with van der Waals surface area (Å²) in [4.78, 5) is 42.3. The van der Waals surface area contributed by atoms with E-state index in [1.165, 1.54) is 41.8 Å². The van der Waals surface area contributed by atoms with Gasteiger partial charge in [0.05, 0.1) is 38.0 Å². The fourth-order valence-corrected chi connectivity index (χ4v) is 5.16. The van der Waals surface area contributed by atoms with Crippen molar-refractivity contribution in [3.8, 4) is 5.69 Å². The summed E-state index contributed by atoms with van der Waals surface area (Å²) in [5.74, 6) is -1.88. The molecule has 0 unspecified atom stereocenters. The number of rotatable bonds is 6. The van der Waals surface area contributed by atoms with E-state index in [1.54, 1.807) is 13.0 Å². The van der Waals surface area contributed by atoms with Gasteiger partial charge in [-0.15, -0.1) is 0 Å². The maximum atomic E-state index is 14.3. The van der Waals surface area contributed by atoms with Gasteiger partial charge >= 0.3 is 0 Å². The van der Waals surface area contributed by atoms with Crippen LogP contribution in [0, 0.1) is 28.7 Å². The molecular formula is C30H19Cl5F2N6O4. The summed E-state index contributed by atoms with van der Waals surface area (Å²) < 4.78 is 29.7. The number of nitrogens with two attached hydrogens (primary N) is 1. The SMILES string of the molecule is C/C(=C/C(=O)c1ccc(Cl)nc1Cl)Nc1cc([N+](=O)[O-])c(Cl)cc1F.Cc1cc(=O)c2ccc(Cl)nc2n1-c1cc(N)c(Cl)cc1F. The predicted octanol–water partition coefficient (Wildman–Crippen LogP) is 9.01. The molecule has 47 heavy (non-hydrogen) atoms. The van der Waals surface area contributed by atoms with Crippen molar-refractivity contribution in [3.63, 3.8) is 0 Å². The van der Waals surface area contributed by atoms with E-state index in [-0.39, 0.29) is 64.9 Å². The summed E-state index contributed by atoms with van der Waals surface area (Å²) in [5.41, 5.74) is 6.37. The fourth-order valence-electron chi connectivity index (χ4n) is 4.21. The van der Waals surface area contributed by atoms with Gasteiger partial charge in [0.15, 0.2) is 11.2 Å². The van der Waals surface area contributed by atoms with Gasteiger partial charge in [-0.1, -0.05) is 58.0 Å². The highest BCUT2D eigenvalue weighted by Crippen LogP contribution is 2.31. The molecule has 5 rings (SSSR count). The average molecular weight is 743 g/mol. The molecule has 0 aliphatic carbocycles. The Morgan fingerprint density at radius 2 is 1.60 bits per heavy atom. The first kappa shape index (κ1) is 35.5. The molecule has 0 aliphatic rings. The quantitative estimate of drug-likeness (QED) is 0.0438. The Kier molecular flexibility index (Phi) is 11.0. The Labute approximate surface area is 289 Å². The van der Waals surface area contributed by atoms with E-state index in [1.807, 2.05) is 0 Å². The number of carbonyl (C=O) groups is 1. The van der Waals surface area contributed by atoms with E-state index >= 15 is 0 Å². The molecule has 3 N–H and O–H groups in total. The number of nitrogens with zero attached hydrogens (tertiary/aromatic N) is 4. The van der Waals surface area contributed by atoms with Gasteiger partial charge in [0.1, 0.15) is 37.8 Å². The van der Waals surface area contributed by atoms with Crippen LogP contribution >= 0.6 is 58.0 Å². The van der Waals surface area contributed by atoms with Crippen molar-refractivity contribution in [1.29, 1.82) is 0 Å². The molecule has 5 aromatic rings. The number of benzene rings is 2. The summed E-state index contributed by atoms with van der Waals surface area (Å²) in [6.07, 6.45) is 1.15. The van der Waals surface area contributed by atoms with Crippen molar-refractivity contribution < 1.29 is 18.5 Å². The zero-order chi connectivity index (χ0) is 34.7. The molecule has 242 valence electrons. The summed E-state index contributed by atoms with van der Waals surface area (Å²) >= 11 is 28.9. The molecule has 3 heterocycles. The molecule has 2 aromatic carbocycles. The first-order valence-electron chi connectivity index (χ1n) is 13.0. The van der Waals surface area contributed by atoms with E-state index in [2.05, 4.69) is 15.3 Å². The van der Waals surface area contributed by atoms with E-state index in [9.17, 15) is 28.5 Å². The van der Waals surface area contributed by atoms with E-state index in [4.69, 9.17) is 63.7 Å². The third kappa shape index (κ3) is 8.16. The maximum Gasteiger partial charge on any atom is 0.290 e. The van der Waals surface area contributed by atoms with Crippen LogP contribution in [0.25, 0.3) is 16.7 Å². The van der Waals surface area contributed by atoms with Crippen molar-refractivity contribution in [2.75, 3.05) is 11.1 Å². The number of nitrogens with one attached hydrogen (secondary N) is 1. The predicted molar refractivity (Wildman–Crippen MR) is 180 cm³/mol. The average Bonchev–Trinajstić information content (AvgIpc) is 2.97. The lowest BCUT2D eigenvalue weighted by molar-refractivity contribution is -0.384. The largest absolute Gasteiger partial charge is 0.397 e. The molecule has 10 nitrogen and oxygen atoms in total. The standard InChI is InChI=1S/C15H9Cl3FN3O3.C15H10Cl2FN3O/c1-7(4-13(23)8-2-3-14(17)21-15(8)18)20-11-6-12(22(24)25)9(16)5-10(11)19;1-7-4-13(22)8-2-3-14(17)20-15(8)21(7)12-6-11(19)9(16)5-10(12)18/h2-6,20H,1H3;2-6H,19H2,1H3/b7-4-;. The molecule has 3 aromatic heterocycles. The van der Waals surface area contributed by atoms with E-state index in [0.717, 1.165) is 24.3 Å². The highest BCUT2D eigenvalue weighted by molar-refractivity contribution is 6.35. The number of carbonyl (C=O) groups excluding carboxylic acids is 1. The Hall–Kier alpha value is -4.33. The van der Waals surface area contributed by atoms with Crippen LogP contribution < -0.4 is 16.5 Å². The number of hydrogen-bond donors (Lipinski definition) is 2. The Bertz CT molecular complexity index is 2180. The smallest absolute Gasteiger partial charge is 0.290 e. The number of nitrogen functional groups attached to an aromatic ring is 1. The van der Waals surface area contributed by atoms with Crippen LogP contribution in [-0.4, -0.2) is 25.2 Å². The molecule has 0 aliphatic heterocycles. The van der Waals surface area contributed by atoms with Gasteiger partial charge in [0.2, 0.25) is 0 Å².